The third kappa shape index (κ3) is 5.47. The first-order chi connectivity index (χ1) is 16.1. The predicted octanol–water partition coefficient (Wildman–Crippen LogP) is 4.73. The standard InChI is InChI=1S/C25H27F3N4O2/c1-15-9-18-11-17(5-8-22(18)31-23(15)29)24(34)32(13-16-3-2-4-21(33)10-16)14-20-7-6-19(12-30-20)25(26,27)28/h5-9,11-12,16,21,33H,2-4,10,13-14H2,1H3,(H2,29,31)/t16-,21-/m1/s1. The second-order valence-corrected chi connectivity index (χ2v) is 9.01. The van der Waals surface area contributed by atoms with Crippen LogP contribution in [0.1, 0.15) is 52.9 Å². The smallest absolute Gasteiger partial charge is 0.393 e. The minimum atomic E-state index is -4.47. The van der Waals surface area contributed by atoms with Crippen LogP contribution in [0.5, 0.6) is 0 Å². The topological polar surface area (TPSA) is 92.3 Å². The Kier molecular flexibility index (Phi) is 6.74. The first-order valence-corrected chi connectivity index (χ1v) is 11.3. The number of nitrogens with two attached hydrogens (primary N) is 1. The summed E-state index contributed by atoms with van der Waals surface area (Å²) in [5.41, 5.74) is 7.34. The third-order valence-electron chi connectivity index (χ3n) is 6.32. The van der Waals surface area contributed by atoms with Crippen molar-refractivity contribution in [3.8, 4) is 0 Å². The van der Waals surface area contributed by atoms with Gasteiger partial charge >= 0.3 is 6.18 Å². The summed E-state index contributed by atoms with van der Waals surface area (Å²) >= 11 is 0. The number of aromatic nitrogens is 2. The molecule has 0 spiro atoms. The maximum atomic E-state index is 13.5. The number of aliphatic hydroxyl groups excluding tert-OH is 1. The third-order valence-corrected chi connectivity index (χ3v) is 6.32. The summed E-state index contributed by atoms with van der Waals surface area (Å²) in [5.74, 6) is 0.280. The second-order valence-electron chi connectivity index (χ2n) is 9.01. The van der Waals surface area contributed by atoms with Gasteiger partial charge in [0.2, 0.25) is 0 Å². The minimum Gasteiger partial charge on any atom is -0.393 e. The average molecular weight is 473 g/mol. The Morgan fingerprint density at radius 3 is 2.68 bits per heavy atom. The highest BCUT2D eigenvalue weighted by molar-refractivity contribution is 5.98. The summed E-state index contributed by atoms with van der Waals surface area (Å²) < 4.78 is 38.8. The van der Waals surface area contributed by atoms with Crippen LogP contribution in [0, 0.1) is 12.8 Å². The zero-order chi connectivity index (χ0) is 24.5. The number of nitrogen functional groups attached to an aromatic ring is 1. The highest BCUT2D eigenvalue weighted by atomic mass is 19.4. The largest absolute Gasteiger partial charge is 0.417 e. The normalized spacial score (nSPS) is 18.7. The summed E-state index contributed by atoms with van der Waals surface area (Å²) in [7, 11) is 0. The molecule has 0 bridgehead atoms. The van der Waals surface area contributed by atoms with Crippen molar-refractivity contribution in [3.05, 3.63) is 65.0 Å². The fraction of sp³-hybridized carbons (Fsp3) is 0.400. The van der Waals surface area contributed by atoms with E-state index in [1.807, 2.05) is 13.0 Å². The fourth-order valence-electron chi connectivity index (χ4n) is 4.45. The number of carbonyl (C=O) groups is 1. The maximum Gasteiger partial charge on any atom is 0.417 e. The molecule has 0 aliphatic heterocycles. The van der Waals surface area contributed by atoms with Gasteiger partial charge < -0.3 is 15.7 Å². The molecule has 3 aromatic rings. The molecule has 1 aliphatic carbocycles. The number of alkyl halides is 3. The van der Waals surface area contributed by atoms with Gasteiger partial charge in [-0.2, -0.15) is 13.2 Å². The van der Waals surface area contributed by atoms with Gasteiger partial charge in [0.1, 0.15) is 5.82 Å². The molecule has 6 nitrogen and oxygen atoms in total. The van der Waals surface area contributed by atoms with Crippen LogP contribution >= 0.6 is 0 Å². The van der Waals surface area contributed by atoms with Crippen LogP contribution in [-0.4, -0.2) is 38.5 Å². The molecule has 3 N–H and O–H groups in total. The number of aliphatic hydroxyl groups is 1. The van der Waals surface area contributed by atoms with Crippen LogP contribution in [0.15, 0.2) is 42.6 Å². The molecular formula is C25H27F3N4O2. The van der Waals surface area contributed by atoms with Crippen LogP contribution in [0.4, 0.5) is 19.0 Å². The van der Waals surface area contributed by atoms with Gasteiger partial charge in [-0.25, -0.2) is 4.98 Å². The van der Waals surface area contributed by atoms with Crippen molar-refractivity contribution in [3.63, 3.8) is 0 Å². The van der Waals surface area contributed by atoms with Crippen LogP contribution < -0.4 is 5.73 Å². The number of fused-ring (bicyclic) bond motifs is 1. The molecule has 180 valence electrons. The van der Waals surface area contributed by atoms with Gasteiger partial charge in [-0.15, -0.1) is 0 Å². The molecule has 34 heavy (non-hydrogen) atoms. The van der Waals surface area contributed by atoms with E-state index in [2.05, 4.69) is 9.97 Å². The Morgan fingerprint density at radius 1 is 1.21 bits per heavy atom. The van der Waals surface area contributed by atoms with E-state index in [4.69, 9.17) is 5.73 Å². The summed E-state index contributed by atoms with van der Waals surface area (Å²) in [6.07, 6.45) is -1.01. The molecule has 9 heteroatoms. The molecule has 1 aliphatic rings. The first-order valence-electron chi connectivity index (χ1n) is 11.3. The summed E-state index contributed by atoms with van der Waals surface area (Å²) in [6.45, 7) is 2.30. The van der Waals surface area contributed by atoms with E-state index < -0.39 is 17.8 Å². The number of nitrogens with zero attached hydrogens (tertiary/aromatic N) is 3. The molecular weight excluding hydrogens is 445 g/mol. The lowest BCUT2D eigenvalue weighted by atomic mass is 9.87. The molecule has 1 amide bonds. The molecule has 0 unspecified atom stereocenters. The van der Waals surface area contributed by atoms with E-state index in [1.54, 1.807) is 23.1 Å². The Balaban J connectivity index is 1.62. The Labute approximate surface area is 195 Å². The summed E-state index contributed by atoms with van der Waals surface area (Å²) in [4.78, 5) is 23.4. The Bertz CT molecular complexity index is 1180. The molecule has 0 radical (unpaired) electrons. The number of rotatable bonds is 5. The van der Waals surface area contributed by atoms with Crippen molar-refractivity contribution in [2.45, 2.75) is 51.4 Å². The van der Waals surface area contributed by atoms with Gasteiger partial charge in [0.25, 0.3) is 5.91 Å². The molecule has 1 saturated carbocycles. The zero-order valence-corrected chi connectivity index (χ0v) is 18.8. The predicted molar refractivity (Wildman–Crippen MR) is 123 cm³/mol. The van der Waals surface area contributed by atoms with Crippen LogP contribution in [0.3, 0.4) is 0 Å². The highest BCUT2D eigenvalue weighted by Gasteiger charge is 2.31. The molecule has 1 aromatic carbocycles. The molecule has 2 atom stereocenters. The monoisotopic (exact) mass is 472 g/mol. The van der Waals surface area contributed by atoms with E-state index in [0.717, 1.165) is 42.5 Å². The summed E-state index contributed by atoms with van der Waals surface area (Å²) in [5, 5.41) is 10.8. The minimum absolute atomic E-state index is 0.0701. The number of pyridine rings is 2. The average Bonchev–Trinajstić information content (AvgIpc) is 2.78. The number of carbonyl (C=O) groups excluding carboxylic acids is 1. The van der Waals surface area contributed by atoms with Crippen molar-refractivity contribution < 1.29 is 23.1 Å². The van der Waals surface area contributed by atoms with Crippen LogP contribution in [0.25, 0.3) is 10.9 Å². The molecule has 0 saturated heterocycles. The van der Waals surface area contributed by atoms with E-state index in [-0.39, 0.29) is 18.4 Å². The van der Waals surface area contributed by atoms with Gasteiger partial charge in [-0.3, -0.25) is 9.78 Å². The quantitative estimate of drug-likeness (QED) is 0.560. The van der Waals surface area contributed by atoms with Crippen molar-refractivity contribution in [1.29, 1.82) is 0 Å². The van der Waals surface area contributed by atoms with Crippen molar-refractivity contribution >= 4 is 22.6 Å². The lowest BCUT2D eigenvalue weighted by molar-refractivity contribution is -0.137. The first kappa shape index (κ1) is 23.9. The second kappa shape index (κ2) is 9.58. The number of anilines is 1. The van der Waals surface area contributed by atoms with Crippen molar-refractivity contribution in [2.24, 2.45) is 5.92 Å². The van der Waals surface area contributed by atoms with Gasteiger partial charge in [0, 0.05) is 23.7 Å². The van der Waals surface area contributed by atoms with Crippen molar-refractivity contribution in [2.75, 3.05) is 12.3 Å². The van der Waals surface area contributed by atoms with E-state index >= 15 is 0 Å². The molecule has 2 heterocycles. The number of halogens is 3. The molecule has 1 fully saturated rings. The number of hydrogen-bond acceptors (Lipinski definition) is 5. The summed E-state index contributed by atoms with van der Waals surface area (Å²) in [6, 6.07) is 9.31. The van der Waals surface area contributed by atoms with Gasteiger partial charge in [0.05, 0.1) is 29.4 Å². The molecule has 2 aromatic heterocycles. The van der Waals surface area contributed by atoms with Gasteiger partial charge in [-0.05, 0) is 74.1 Å². The lowest BCUT2D eigenvalue weighted by Crippen LogP contribution is -2.37. The number of amides is 1. The van der Waals surface area contributed by atoms with E-state index in [0.29, 0.717) is 35.6 Å². The lowest BCUT2D eigenvalue weighted by Gasteiger charge is -2.31. The highest BCUT2D eigenvalue weighted by Crippen LogP contribution is 2.29. The van der Waals surface area contributed by atoms with Gasteiger partial charge in [0.15, 0.2) is 0 Å². The SMILES string of the molecule is Cc1cc2cc(C(=O)N(Cc3ccc(C(F)(F)F)cn3)C[C@@H]3CCC[C@@H](O)C3)ccc2nc1N. The number of hydrogen-bond donors (Lipinski definition) is 2. The Morgan fingerprint density at radius 2 is 2.00 bits per heavy atom. The van der Waals surface area contributed by atoms with Crippen molar-refractivity contribution in [1.82, 2.24) is 14.9 Å². The number of aryl methyl sites for hydroxylation is 1. The van der Waals surface area contributed by atoms with E-state index in [1.165, 1.54) is 6.07 Å². The zero-order valence-electron chi connectivity index (χ0n) is 18.8. The Hall–Kier alpha value is -3.20. The fourth-order valence-corrected chi connectivity index (χ4v) is 4.45. The van der Waals surface area contributed by atoms with Crippen LogP contribution in [-0.2, 0) is 12.7 Å². The maximum absolute atomic E-state index is 13.5. The number of benzene rings is 1. The van der Waals surface area contributed by atoms with Gasteiger partial charge in [-0.1, -0.05) is 6.42 Å². The molecule has 4 rings (SSSR count). The van der Waals surface area contributed by atoms with E-state index in [9.17, 15) is 23.1 Å². The van der Waals surface area contributed by atoms with Crippen LogP contribution in [0.2, 0.25) is 0 Å².